The van der Waals surface area contributed by atoms with E-state index in [1.165, 1.54) is 7.11 Å². The zero-order valence-corrected chi connectivity index (χ0v) is 9.38. The molecule has 17 heavy (non-hydrogen) atoms. The van der Waals surface area contributed by atoms with E-state index in [0.29, 0.717) is 5.56 Å². The van der Waals surface area contributed by atoms with Crippen LogP contribution in [-0.4, -0.2) is 17.5 Å². The molecule has 0 aliphatic carbocycles. The van der Waals surface area contributed by atoms with Crippen LogP contribution in [0.3, 0.4) is 0 Å². The Labute approximate surface area is 98.2 Å². The average Bonchev–Trinajstić information content (AvgIpc) is 2.85. The SMILES string of the molecule is COC(=O)c1cccc2c1ccc1cccn12. The molecule has 1 aromatic carbocycles. The zero-order chi connectivity index (χ0) is 11.8. The van der Waals surface area contributed by atoms with Gasteiger partial charge in [-0.15, -0.1) is 0 Å². The van der Waals surface area contributed by atoms with Crippen molar-refractivity contribution >= 4 is 22.4 Å². The first-order chi connectivity index (χ1) is 8.31. The summed E-state index contributed by atoms with van der Waals surface area (Å²) in [6.07, 6.45) is 1.98. The molecule has 0 amide bonds. The molecule has 3 aromatic rings. The number of nitrogens with zero attached hydrogens (tertiary/aromatic N) is 1. The number of carbonyl (C=O) groups is 1. The fraction of sp³-hybridized carbons (Fsp3) is 0.0714. The fourth-order valence-corrected chi connectivity index (χ4v) is 2.14. The van der Waals surface area contributed by atoms with Gasteiger partial charge < -0.3 is 9.14 Å². The molecule has 2 heterocycles. The minimum Gasteiger partial charge on any atom is -0.465 e. The molecule has 0 aliphatic rings. The van der Waals surface area contributed by atoms with Crippen LogP contribution < -0.4 is 0 Å². The third kappa shape index (κ3) is 1.40. The maximum absolute atomic E-state index is 11.7. The van der Waals surface area contributed by atoms with E-state index < -0.39 is 0 Å². The van der Waals surface area contributed by atoms with E-state index in [4.69, 9.17) is 4.74 Å². The van der Waals surface area contributed by atoms with Crippen molar-refractivity contribution in [3.05, 3.63) is 54.2 Å². The fourth-order valence-electron chi connectivity index (χ4n) is 2.14. The monoisotopic (exact) mass is 225 g/mol. The van der Waals surface area contributed by atoms with Gasteiger partial charge in [0.25, 0.3) is 0 Å². The number of carbonyl (C=O) groups excluding carboxylic acids is 1. The first kappa shape index (κ1) is 9.90. The zero-order valence-electron chi connectivity index (χ0n) is 9.38. The third-order valence-electron chi connectivity index (χ3n) is 2.95. The van der Waals surface area contributed by atoms with Gasteiger partial charge in [0, 0.05) is 17.1 Å². The van der Waals surface area contributed by atoms with Crippen LogP contribution in [0, 0.1) is 0 Å². The molecule has 0 unspecified atom stereocenters. The standard InChI is InChI=1S/C14H11NO2/c1-17-14(16)12-5-2-6-13-11(12)8-7-10-4-3-9-15(10)13/h2-9H,1H3. The third-order valence-corrected chi connectivity index (χ3v) is 2.95. The summed E-state index contributed by atoms with van der Waals surface area (Å²) in [6, 6.07) is 13.6. The number of ether oxygens (including phenoxy) is 1. The molecule has 84 valence electrons. The van der Waals surface area contributed by atoms with Crippen molar-refractivity contribution in [3.8, 4) is 0 Å². The van der Waals surface area contributed by atoms with Gasteiger partial charge in [-0.1, -0.05) is 6.07 Å². The van der Waals surface area contributed by atoms with E-state index in [1.807, 2.05) is 42.6 Å². The highest BCUT2D eigenvalue weighted by Crippen LogP contribution is 2.21. The van der Waals surface area contributed by atoms with Crippen molar-refractivity contribution in [2.24, 2.45) is 0 Å². The minimum absolute atomic E-state index is 0.304. The van der Waals surface area contributed by atoms with Gasteiger partial charge in [-0.3, -0.25) is 0 Å². The Kier molecular flexibility index (Phi) is 2.11. The predicted octanol–water partition coefficient (Wildman–Crippen LogP) is 2.88. The normalized spacial score (nSPS) is 10.9. The Bertz CT molecular complexity index is 712. The molecule has 0 N–H and O–H groups in total. The Morgan fingerprint density at radius 1 is 1.12 bits per heavy atom. The largest absolute Gasteiger partial charge is 0.465 e. The number of aromatic nitrogens is 1. The summed E-state index contributed by atoms with van der Waals surface area (Å²) in [5.41, 5.74) is 2.72. The molecule has 3 rings (SSSR count). The molecule has 0 radical (unpaired) electrons. The number of methoxy groups -OCH3 is 1. The van der Waals surface area contributed by atoms with Crippen LogP contribution in [0.25, 0.3) is 16.4 Å². The molecule has 0 aliphatic heterocycles. The summed E-state index contributed by atoms with van der Waals surface area (Å²) >= 11 is 0. The van der Waals surface area contributed by atoms with Crippen molar-refractivity contribution in [1.82, 2.24) is 4.40 Å². The van der Waals surface area contributed by atoms with E-state index in [9.17, 15) is 4.79 Å². The van der Waals surface area contributed by atoms with Crippen molar-refractivity contribution in [2.75, 3.05) is 7.11 Å². The average molecular weight is 225 g/mol. The molecule has 0 saturated heterocycles. The van der Waals surface area contributed by atoms with Crippen LogP contribution >= 0.6 is 0 Å². The maximum atomic E-state index is 11.7. The number of pyridine rings is 1. The van der Waals surface area contributed by atoms with Gasteiger partial charge in [-0.05, 0) is 36.4 Å². The molecular formula is C14H11NO2. The minimum atomic E-state index is -0.304. The molecule has 2 aromatic heterocycles. The van der Waals surface area contributed by atoms with Crippen molar-refractivity contribution in [1.29, 1.82) is 0 Å². The van der Waals surface area contributed by atoms with Gasteiger partial charge in [0.15, 0.2) is 0 Å². The first-order valence-corrected chi connectivity index (χ1v) is 5.38. The van der Waals surface area contributed by atoms with Gasteiger partial charge >= 0.3 is 5.97 Å². The van der Waals surface area contributed by atoms with Crippen LogP contribution in [0.1, 0.15) is 10.4 Å². The number of hydrogen-bond acceptors (Lipinski definition) is 2. The van der Waals surface area contributed by atoms with Gasteiger partial charge in [-0.2, -0.15) is 0 Å². The summed E-state index contributed by atoms with van der Waals surface area (Å²) in [6.45, 7) is 0. The highest BCUT2D eigenvalue weighted by Gasteiger charge is 2.10. The van der Waals surface area contributed by atoms with Crippen molar-refractivity contribution in [3.63, 3.8) is 0 Å². The van der Waals surface area contributed by atoms with Gasteiger partial charge in [0.1, 0.15) is 0 Å². The van der Waals surface area contributed by atoms with Gasteiger partial charge in [0.2, 0.25) is 0 Å². The summed E-state index contributed by atoms with van der Waals surface area (Å²) < 4.78 is 6.85. The van der Waals surface area contributed by atoms with Crippen LogP contribution in [0.2, 0.25) is 0 Å². The van der Waals surface area contributed by atoms with E-state index in [-0.39, 0.29) is 5.97 Å². The molecule has 0 atom stereocenters. The lowest BCUT2D eigenvalue weighted by Gasteiger charge is -2.07. The quantitative estimate of drug-likeness (QED) is 0.596. The highest BCUT2D eigenvalue weighted by atomic mass is 16.5. The second-order valence-electron chi connectivity index (χ2n) is 3.87. The molecule has 0 fully saturated rings. The summed E-state index contributed by atoms with van der Waals surface area (Å²) in [5.74, 6) is -0.304. The predicted molar refractivity (Wildman–Crippen MR) is 66.2 cm³/mol. The van der Waals surface area contributed by atoms with Crippen LogP contribution in [0.15, 0.2) is 48.7 Å². The Balaban J connectivity index is 2.43. The smallest absolute Gasteiger partial charge is 0.338 e. The van der Waals surface area contributed by atoms with Crippen molar-refractivity contribution in [2.45, 2.75) is 0 Å². The molecule has 0 bridgehead atoms. The van der Waals surface area contributed by atoms with Crippen LogP contribution in [0.4, 0.5) is 0 Å². The van der Waals surface area contributed by atoms with Crippen LogP contribution in [0.5, 0.6) is 0 Å². The lowest BCUT2D eigenvalue weighted by molar-refractivity contribution is 0.0603. The maximum Gasteiger partial charge on any atom is 0.338 e. The van der Waals surface area contributed by atoms with Crippen molar-refractivity contribution < 1.29 is 9.53 Å². The number of esters is 1. The number of hydrogen-bond donors (Lipinski definition) is 0. The lowest BCUT2D eigenvalue weighted by Crippen LogP contribution is -2.02. The summed E-state index contributed by atoms with van der Waals surface area (Å²) in [5, 5.41) is 0.906. The molecule has 0 saturated carbocycles. The first-order valence-electron chi connectivity index (χ1n) is 5.38. The summed E-state index contributed by atoms with van der Waals surface area (Å²) in [7, 11) is 1.40. The van der Waals surface area contributed by atoms with E-state index in [2.05, 4.69) is 4.40 Å². The molecule has 3 nitrogen and oxygen atoms in total. The molecule has 0 spiro atoms. The van der Waals surface area contributed by atoms with E-state index in [0.717, 1.165) is 16.4 Å². The lowest BCUT2D eigenvalue weighted by atomic mass is 10.1. The number of rotatable bonds is 1. The Morgan fingerprint density at radius 3 is 2.82 bits per heavy atom. The van der Waals surface area contributed by atoms with E-state index >= 15 is 0 Å². The van der Waals surface area contributed by atoms with E-state index in [1.54, 1.807) is 6.07 Å². The number of benzene rings is 1. The second-order valence-corrected chi connectivity index (χ2v) is 3.87. The highest BCUT2D eigenvalue weighted by molar-refractivity contribution is 6.04. The Morgan fingerprint density at radius 2 is 2.00 bits per heavy atom. The molecular weight excluding hydrogens is 214 g/mol. The molecule has 3 heteroatoms. The van der Waals surface area contributed by atoms with Crippen LogP contribution in [-0.2, 0) is 4.74 Å². The Hall–Kier alpha value is -2.29. The topological polar surface area (TPSA) is 30.7 Å². The van der Waals surface area contributed by atoms with Gasteiger partial charge in [0.05, 0.1) is 18.2 Å². The number of fused-ring (bicyclic) bond motifs is 3. The summed E-state index contributed by atoms with van der Waals surface area (Å²) in [4.78, 5) is 11.7. The van der Waals surface area contributed by atoms with Gasteiger partial charge in [-0.25, -0.2) is 4.79 Å². The second kappa shape index (κ2) is 3.63.